The molecule has 2 aromatic carbocycles. The second-order valence-corrected chi connectivity index (χ2v) is 6.54. The zero-order valence-electron chi connectivity index (χ0n) is 15.2. The van der Waals surface area contributed by atoms with Crippen LogP contribution in [0.25, 0.3) is 0 Å². The molecule has 5 heteroatoms. The standard InChI is InChI=1S/C21H26N2O3/c1-25-19-5-4-6-20(13-19)26-16-21(24)22-14-17-7-9-18(10-8-17)15-23-11-2-3-12-23/h4-10,13H,2-3,11-12,14-16H2,1H3,(H,22,24). The number of amides is 1. The van der Waals surface area contributed by atoms with Gasteiger partial charge in [0.1, 0.15) is 11.5 Å². The van der Waals surface area contributed by atoms with Gasteiger partial charge in [0.2, 0.25) is 0 Å². The lowest BCUT2D eigenvalue weighted by atomic mass is 10.1. The molecule has 0 aromatic heterocycles. The summed E-state index contributed by atoms with van der Waals surface area (Å²) in [6.07, 6.45) is 2.61. The Hall–Kier alpha value is -2.53. The molecule has 1 aliphatic heterocycles. The van der Waals surface area contributed by atoms with Crippen molar-refractivity contribution in [1.29, 1.82) is 0 Å². The molecule has 1 N–H and O–H groups in total. The molecule has 1 heterocycles. The molecule has 0 spiro atoms. The van der Waals surface area contributed by atoms with Crippen molar-refractivity contribution in [1.82, 2.24) is 10.2 Å². The highest BCUT2D eigenvalue weighted by atomic mass is 16.5. The molecule has 1 fully saturated rings. The van der Waals surface area contributed by atoms with Crippen molar-refractivity contribution in [2.75, 3.05) is 26.8 Å². The van der Waals surface area contributed by atoms with Crippen molar-refractivity contribution in [3.63, 3.8) is 0 Å². The van der Waals surface area contributed by atoms with Gasteiger partial charge in [-0.15, -0.1) is 0 Å². The van der Waals surface area contributed by atoms with E-state index >= 15 is 0 Å². The fourth-order valence-electron chi connectivity index (χ4n) is 3.05. The fourth-order valence-corrected chi connectivity index (χ4v) is 3.05. The Kier molecular flexibility index (Phi) is 6.50. The number of rotatable bonds is 8. The lowest BCUT2D eigenvalue weighted by Gasteiger charge is -2.14. The van der Waals surface area contributed by atoms with Gasteiger partial charge in [0, 0.05) is 19.2 Å². The van der Waals surface area contributed by atoms with Gasteiger partial charge in [-0.1, -0.05) is 30.3 Å². The summed E-state index contributed by atoms with van der Waals surface area (Å²) in [5.74, 6) is 1.18. The summed E-state index contributed by atoms with van der Waals surface area (Å²) < 4.78 is 10.6. The Labute approximate surface area is 154 Å². The average Bonchev–Trinajstić information content (AvgIpc) is 3.19. The fraction of sp³-hybridized carbons (Fsp3) is 0.381. The topological polar surface area (TPSA) is 50.8 Å². The summed E-state index contributed by atoms with van der Waals surface area (Å²) in [7, 11) is 1.60. The number of likely N-dealkylation sites (tertiary alicyclic amines) is 1. The Bertz CT molecular complexity index is 709. The van der Waals surface area contributed by atoms with Crippen LogP contribution in [0.5, 0.6) is 11.5 Å². The number of benzene rings is 2. The van der Waals surface area contributed by atoms with Crippen LogP contribution in [0, 0.1) is 0 Å². The molecule has 0 saturated carbocycles. The van der Waals surface area contributed by atoms with E-state index in [9.17, 15) is 4.79 Å². The minimum atomic E-state index is -0.144. The molecule has 1 saturated heterocycles. The highest BCUT2D eigenvalue weighted by Gasteiger charge is 2.11. The van der Waals surface area contributed by atoms with Gasteiger partial charge in [-0.3, -0.25) is 9.69 Å². The third-order valence-electron chi connectivity index (χ3n) is 4.53. The summed E-state index contributed by atoms with van der Waals surface area (Å²) in [6.45, 7) is 3.90. The zero-order valence-corrected chi connectivity index (χ0v) is 15.2. The van der Waals surface area contributed by atoms with Crippen molar-refractivity contribution in [2.24, 2.45) is 0 Å². The van der Waals surface area contributed by atoms with Crippen LogP contribution in [-0.2, 0) is 17.9 Å². The van der Waals surface area contributed by atoms with Crippen molar-refractivity contribution in [2.45, 2.75) is 25.9 Å². The molecule has 0 aliphatic carbocycles. The van der Waals surface area contributed by atoms with E-state index in [2.05, 4.69) is 34.5 Å². The van der Waals surface area contributed by atoms with E-state index in [1.54, 1.807) is 19.2 Å². The smallest absolute Gasteiger partial charge is 0.258 e. The number of ether oxygens (including phenoxy) is 2. The number of nitrogens with zero attached hydrogens (tertiary/aromatic N) is 1. The van der Waals surface area contributed by atoms with Crippen LogP contribution >= 0.6 is 0 Å². The predicted molar refractivity (Wildman–Crippen MR) is 101 cm³/mol. The predicted octanol–water partition coefficient (Wildman–Crippen LogP) is 2.99. The largest absolute Gasteiger partial charge is 0.497 e. The van der Waals surface area contributed by atoms with Crippen molar-refractivity contribution < 1.29 is 14.3 Å². The minimum absolute atomic E-state index is 0.0137. The maximum Gasteiger partial charge on any atom is 0.258 e. The summed E-state index contributed by atoms with van der Waals surface area (Å²) in [6, 6.07) is 15.7. The Morgan fingerprint density at radius 2 is 1.73 bits per heavy atom. The number of carbonyl (C=O) groups excluding carboxylic acids is 1. The molecule has 0 atom stereocenters. The van der Waals surface area contributed by atoms with Crippen molar-refractivity contribution in [3.05, 3.63) is 59.7 Å². The first-order valence-electron chi connectivity index (χ1n) is 9.06. The van der Waals surface area contributed by atoms with Gasteiger partial charge < -0.3 is 14.8 Å². The van der Waals surface area contributed by atoms with E-state index in [0.29, 0.717) is 18.0 Å². The zero-order chi connectivity index (χ0) is 18.2. The molecule has 1 aliphatic rings. The number of hydrogen-bond acceptors (Lipinski definition) is 4. The maximum atomic E-state index is 12.0. The van der Waals surface area contributed by atoms with Crippen LogP contribution in [0.2, 0.25) is 0 Å². The quantitative estimate of drug-likeness (QED) is 0.792. The second kappa shape index (κ2) is 9.25. The third-order valence-corrected chi connectivity index (χ3v) is 4.53. The molecular formula is C21H26N2O3. The molecule has 3 rings (SSSR count). The van der Waals surface area contributed by atoms with E-state index in [4.69, 9.17) is 9.47 Å². The molecule has 5 nitrogen and oxygen atoms in total. The summed E-state index contributed by atoms with van der Waals surface area (Å²) >= 11 is 0. The molecule has 2 aromatic rings. The van der Waals surface area contributed by atoms with Gasteiger partial charge in [0.25, 0.3) is 5.91 Å². The van der Waals surface area contributed by atoms with Gasteiger partial charge in [-0.25, -0.2) is 0 Å². The summed E-state index contributed by atoms with van der Waals surface area (Å²) in [4.78, 5) is 14.4. The first kappa shape index (κ1) is 18.3. The first-order chi connectivity index (χ1) is 12.7. The van der Waals surface area contributed by atoms with Crippen LogP contribution in [0.15, 0.2) is 48.5 Å². The summed E-state index contributed by atoms with van der Waals surface area (Å²) in [5, 5.41) is 2.88. The van der Waals surface area contributed by atoms with E-state index < -0.39 is 0 Å². The highest BCUT2D eigenvalue weighted by Crippen LogP contribution is 2.18. The Balaban J connectivity index is 1.40. The molecule has 1 amide bonds. The van der Waals surface area contributed by atoms with Crippen LogP contribution < -0.4 is 14.8 Å². The van der Waals surface area contributed by atoms with E-state index in [0.717, 1.165) is 12.1 Å². The molecule has 138 valence electrons. The molecule has 0 bridgehead atoms. The monoisotopic (exact) mass is 354 g/mol. The van der Waals surface area contributed by atoms with Gasteiger partial charge in [0.15, 0.2) is 6.61 Å². The Morgan fingerprint density at radius 3 is 2.46 bits per heavy atom. The number of methoxy groups -OCH3 is 1. The van der Waals surface area contributed by atoms with Crippen LogP contribution in [0.1, 0.15) is 24.0 Å². The third kappa shape index (κ3) is 5.49. The van der Waals surface area contributed by atoms with Gasteiger partial charge in [-0.2, -0.15) is 0 Å². The summed E-state index contributed by atoms with van der Waals surface area (Å²) in [5.41, 5.74) is 2.41. The molecule has 0 radical (unpaired) electrons. The van der Waals surface area contributed by atoms with E-state index in [1.807, 2.05) is 12.1 Å². The number of hydrogen-bond donors (Lipinski definition) is 1. The average molecular weight is 354 g/mol. The lowest BCUT2D eigenvalue weighted by molar-refractivity contribution is -0.123. The minimum Gasteiger partial charge on any atom is -0.497 e. The van der Waals surface area contributed by atoms with E-state index in [1.165, 1.54) is 31.5 Å². The van der Waals surface area contributed by atoms with Crippen LogP contribution in [0.3, 0.4) is 0 Å². The van der Waals surface area contributed by atoms with Crippen molar-refractivity contribution >= 4 is 5.91 Å². The van der Waals surface area contributed by atoms with Gasteiger partial charge in [0.05, 0.1) is 7.11 Å². The van der Waals surface area contributed by atoms with Gasteiger partial charge in [-0.05, 0) is 49.2 Å². The number of carbonyl (C=O) groups is 1. The van der Waals surface area contributed by atoms with E-state index in [-0.39, 0.29) is 12.5 Å². The van der Waals surface area contributed by atoms with Crippen molar-refractivity contribution in [3.8, 4) is 11.5 Å². The highest BCUT2D eigenvalue weighted by molar-refractivity contribution is 5.77. The SMILES string of the molecule is COc1cccc(OCC(=O)NCc2ccc(CN3CCCC3)cc2)c1. The first-order valence-corrected chi connectivity index (χ1v) is 9.06. The van der Waals surface area contributed by atoms with Gasteiger partial charge >= 0.3 is 0 Å². The molecule has 0 unspecified atom stereocenters. The number of nitrogens with one attached hydrogen (secondary N) is 1. The molecular weight excluding hydrogens is 328 g/mol. The lowest BCUT2D eigenvalue weighted by Crippen LogP contribution is -2.28. The second-order valence-electron chi connectivity index (χ2n) is 6.54. The maximum absolute atomic E-state index is 12.0. The Morgan fingerprint density at radius 1 is 1.04 bits per heavy atom. The normalized spacial score (nSPS) is 14.2. The van der Waals surface area contributed by atoms with Crippen LogP contribution in [0.4, 0.5) is 0 Å². The molecule has 26 heavy (non-hydrogen) atoms. The van der Waals surface area contributed by atoms with Crippen LogP contribution in [-0.4, -0.2) is 37.6 Å².